The van der Waals surface area contributed by atoms with Gasteiger partial charge in [-0.1, -0.05) is 24.6 Å². The van der Waals surface area contributed by atoms with Gasteiger partial charge in [0.25, 0.3) is 0 Å². The molecule has 1 amide bonds. The zero-order valence-corrected chi connectivity index (χ0v) is 10.8. The maximum absolute atomic E-state index is 12.0. The zero-order chi connectivity index (χ0) is 12.4. The van der Waals surface area contributed by atoms with Crippen LogP contribution in [0, 0.1) is 0 Å². The first kappa shape index (κ1) is 11.7. The molecule has 1 fully saturated rings. The minimum Gasteiger partial charge on any atom is -0.311 e. The van der Waals surface area contributed by atoms with Crippen molar-refractivity contribution in [2.24, 2.45) is 0 Å². The van der Waals surface area contributed by atoms with E-state index in [1.54, 1.807) is 0 Å². The molecule has 96 valence electrons. The number of amides is 1. The summed E-state index contributed by atoms with van der Waals surface area (Å²) in [7, 11) is 0. The van der Waals surface area contributed by atoms with Gasteiger partial charge in [0.05, 0.1) is 6.42 Å². The maximum Gasteiger partial charge on any atom is 0.231 e. The third-order valence-electron chi connectivity index (χ3n) is 4.01. The molecule has 18 heavy (non-hydrogen) atoms. The summed E-state index contributed by atoms with van der Waals surface area (Å²) in [5.74, 6) is 0.258. The van der Waals surface area contributed by atoms with Crippen molar-refractivity contribution >= 4 is 11.6 Å². The zero-order valence-electron chi connectivity index (χ0n) is 10.8. The standard InChI is InChI=1S/C15H20N2O/c18-15-12-13-6-2-3-7-14(13)17(15)11-10-16-8-4-1-5-9-16/h2-3,6-7H,1,4-5,8-12H2. The molecule has 2 aliphatic rings. The van der Waals surface area contributed by atoms with Gasteiger partial charge in [0, 0.05) is 18.8 Å². The Bertz CT molecular complexity index is 438. The summed E-state index contributed by atoms with van der Waals surface area (Å²) in [6.45, 7) is 4.25. The molecule has 0 bridgehead atoms. The number of benzene rings is 1. The second-order valence-electron chi connectivity index (χ2n) is 5.25. The van der Waals surface area contributed by atoms with Gasteiger partial charge in [0.15, 0.2) is 0 Å². The van der Waals surface area contributed by atoms with Crippen LogP contribution in [-0.2, 0) is 11.2 Å². The normalized spacial score (nSPS) is 20.2. The van der Waals surface area contributed by atoms with E-state index in [0.29, 0.717) is 6.42 Å². The minimum absolute atomic E-state index is 0.258. The Labute approximate surface area is 108 Å². The van der Waals surface area contributed by atoms with Gasteiger partial charge in [-0.05, 0) is 37.6 Å². The minimum atomic E-state index is 0.258. The molecule has 3 heteroatoms. The first-order chi connectivity index (χ1) is 8.84. The van der Waals surface area contributed by atoms with Crippen molar-refractivity contribution in [3.8, 4) is 0 Å². The van der Waals surface area contributed by atoms with E-state index in [1.165, 1.54) is 37.9 Å². The van der Waals surface area contributed by atoms with E-state index < -0.39 is 0 Å². The van der Waals surface area contributed by atoms with Crippen molar-refractivity contribution in [3.63, 3.8) is 0 Å². The lowest BCUT2D eigenvalue weighted by Gasteiger charge is -2.28. The lowest BCUT2D eigenvalue weighted by molar-refractivity contribution is -0.117. The monoisotopic (exact) mass is 244 g/mol. The van der Waals surface area contributed by atoms with Gasteiger partial charge in [-0.2, -0.15) is 0 Å². The van der Waals surface area contributed by atoms with Crippen LogP contribution in [0.25, 0.3) is 0 Å². The van der Waals surface area contributed by atoms with Gasteiger partial charge in [-0.15, -0.1) is 0 Å². The Kier molecular flexibility index (Phi) is 3.33. The van der Waals surface area contributed by atoms with Gasteiger partial charge in [-0.3, -0.25) is 4.79 Å². The topological polar surface area (TPSA) is 23.6 Å². The van der Waals surface area contributed by atoms with Crippen molar-refractivity contribution in [1.82, 2.24) is 4.90 Å². The highest BCUT2D eigenvalue weighted by Crippen LogP contribution is 2.28. The van der Waals surface area contributed by atoms with Crippen molar-refractivity contribution in [2.45, 2.75) is 25.7 Å². The fourth-order valence-electron chi connectivity index (χ4n) is 2.99. The molecule has 2 heterocycles. The first-order valence-corrected chi connectivity index (χ1v) is 6.95. The fourth-order valence-corrected chi connectivity index (χ4v) is 2.99. The maximum atomic E-state index is 12.0. The summed E-state index contributed by atoms with van der Waals surface area (Å²) < 4.78 is 0. The molecule has 1 aromatic carbocycles. The Balaban J connectivity index is 1.64. The molecule has 3 rings (SSSR count). The van der Waals surface area contributed by atoms with E-state index in [0.717, 1.165) is 18.8 Å². The van der Waals surface area contributed by atoms with Crippen LogP contribution in [0.2, 0.25) is 0 Å². The van der Waals surface area contributed by atoms with Crippen LogP contribution < -0.4 is 4.90 Å². The Morgan fingerprint density at radius 3 is 2.61 bits per heavy atom. The predicted octanol–water partition coefficient (Wildman–Crippen LogP) is 2.06. The number of hydrogen-bond acceptors (Lipinski definition) is 2. The summed E-state index contributed by atoms with van der Waals surface area (Å²) in [4.78, 5) is 16.5. The molecular weight excluding hydrogens is 224 g/mol. The third kappa shape index (κ3) is 2.27. The SMILES string of the molecule is O=C1Cc2ccccc2N1CCN1CCCCC1. The van der Waals surface area contributed by atoms with Crippen molar-refractivity contribution < 1.29 is 4.79 Å². The van der Waals surface area contributed by atoms with Gasteiger partial charge < -0.3 is 9.80 Å². The molecule has 0 atom stereocenters. The molecule has 1 aromatic rings. The summed E-state index contributed by atoms with van der Waals surface area (Å²) in [6.07, 6.45) is 4.56. The molecular formula is C15H20N2O. The molecule has 0 unspecified atom stereocenters. The quantitative estimate of drug-likeness (QED) is 0.812. The van der Waals surface area contributed by atoms with E-state index in [9.17, 15) is 4.79 Å². The van der Waals surface area contributed by atoms with Crippen LogP contribution >= 0.6 is 0 Å². The Morgan fingerprint density at radius 1 is 1.00 bits per heavy atom. The molecule has 0 N–H and O–H groups in total. The number of hydrogen-bond donors (Lipinski definition) is 0. The average molecular weight is 244 g/mol. The van der Waals surface area contributed by atoms with Crippen molar-refractivity contribution in [3.05, 3.63) is 29.8 Å². The van der Waals surface area contributed by atoms with Crippen molar-refractivity contribution in [1.29, 1.82) is 0 Å². The summed E-state index contributed by atoms with van der Waals surface area (Å²) in [5, 5.41) is 0. The number of rotatable bonds is 3. The van der Waals surface area contributed by atoms with Gasteiger partial charge >= 0.3 is 0 Å². The Morgan fingerprint density at radius 2 is 1.78 bits per heavy atom. The van der Waals surface area contributed by atoms with E-state index in [2.05, 4.69) is 17.0 Å². The summed E-state index contributed by atoms with van der Waals surface area (Å²) >= 11 is 0. The van der Waals surface area contributed by atoms with Gasteiger partial charge in [0.2, 0.25) is 5.91 Å². The molecule has 0 saturated carbocycles. The highest BCUT2D eigenvalue weighted by atomic mass is 16.2. The largest absolute Gasteiger partial charge is 0.311 e. The number of nitrogens with zero attached hydrogens (tertiary/aromatic N) is 2. The van der Waals surface area contributed by atoms with E-state index in [-0.39, 0.29) is 5.91 Å². The lowest BCUT2D eigenvalue weighted by Crippen LogP contribution is -2.39. The number of carbonyl (C=O) groups excluding carboxylic acids is 1. The highest BCUT2D eigenvalue weighted by molar-refractivity contribution is 6.01. The average Bonchev–Trinajstić information content (AvgIpc) is 2.73. The second-order valence-corrected chi connectivity index (χ2v) is 5.25. The number of piperidine rings is 1. The van der Waals surface area contributed by atoms with Crippen LogP contribution in [0.1, 0.15) is 24.8 Å². The van der Waals surface area contributed by atoms with Gasteiger partial charge in [-0.25, -0.2) is 0 Å². The second kappa shape index (κ2) is 5.11. The number of carbonyl (C=O) groups is 1. The number of anilines is 1. The predicted molar refractivity (Wildman–Crippen MR) is 72.8 cm³/mol. The third-order valence-corrected chi connectivity index (χ3v) is 4.01. The van der Waals surface area contributed by atoms with Crippen LogP contribution in [0.15, 0.2) is 24.3 Å². The fraction of sp³-hybridized carbons (Fsp3) is 0.533. The van der Waals surface area contributed by atoms with E-state index >= 15 is 0 Å². The molecule has 0 aliphatic carbocycles. The number of likely N-dealkylation sites (tertiary alicyclic amines) is 1. The highest BCUT2D eigenvalue weighted by Gasteiger charge is 2.26. The lowest BCUT2D eigenvalue weighted by atomic mass is 10.1. The summed E-state index contributed by atoms with van der Waals surface area (Å²) in [6, 6.07) is 8.16. The molecule has 3 nitrogen and oxygen atoms in total. The van der Waals surface area contributed by atoms with E-state index in [1.807, 2.05) is 17.0 Å². The first-order valence-electron chi connectivity index (χ1n) is 6.95. The van der Waals surface area contributed by atoms with E-state index in [4.69, 9.17) is 0 Å². The molecule has 0 aromatic heterocycles. The van der Waals surface area contributed by atoms with Crippen LogP contribution in [0.5, 0.6) is 0 Å². The molecule has 0 radical (unpaired) electrons. The van der Waals surface area contributed by atoms with Crippen LogP contribution in [0.3, 0.4) is 0 Å². The summed E-state index contributed by atoms with van der Waals surface area (Å²) in [5.41, 5.74) is 2.31. The Hall–Kier alpha value is -1.35. The van der Waals surface area contributed by atoms with Gasteiger partial charge in [0.1, 0.15) is 0 Å². The number of para-hydroxylation sites is 1. The van der Waals surface area contributed by atoms with Crippen molar-refractivity contribution in [2.75, 3.05) is 31.1 Å². The molecule has 2 aliphatic heterocycles. The molecule has 1 saturated heterocycles. The van der Waals surface area contributed by atoms with Crippen LogP contribution in [-0.4, -0.2) is 37.0 Å². The number of fused-ring (bicyclic) bond motifs is 1. The van der Waals surface area contributed by atoms with Crippen LogP contribution in [0.4, 0.5) is 5.69 Å². The molecule has 0 spiro atoms. The smallest absolute Gasteiger partial charge is 0.231 e.